The average Bonchev–Trinajstić information content (AvgIpc) is 2.90. The van der Waals surface area contributed by atoms with Crippen molar-refractivity contribution in [1.29, 1.82) is 0 Å². The highest BCUT2D eigenvalue weighted by molar-refractivity contribution is 7.91. The predicted molar refractivity (Wildman–Crippen MR) is 90.0 cm³/mol. The molecule has 0 saturated carbocycles. The van der Waals surface area contributed by atoms with Crippen LogP contribution in [0.25, 0.3) is 0 Å². The molecule has 1 unspecified atom stereocenters. The molecule has 23 heavy (non-hydrogen) atoms. The van der Waals surface area contributed by atoms with Gasteiger partial charge in [0.1, 0.15) is 0 Å². The highest BCUT2D eigenvalue weighted by Crippen LogP contribution is 2.17. The zero-order valence-electron chi connectivity index (χ0n) is 13.6. The molecule has 1 saturated heterocycles. The molecule has 0 N–H and O–H groups in total. The number of sulfone groups is 1. The molecular formula is C17H25NO4S. The van der Waals surface area contributed by atoms with E-state index in [-0.39, 0.29) is 23.5 Å². The largest absolute Gasteiger partial charge is 0.381 e. The lowest BCUT2D eigenvalue weighted by atomic mass is 10.2. The molecular weight excluding hydrogens is 314 g/mol. The van der Waals surface area contributed by atoms with Crippen LogP contribution in [0.2, 0.25) is 0 Å². The molecule has 1 aliphatic rings. The van der Waals surface area contributed by atoms with Crippen molar-refractivity contribution in [1.82, 2.24) is 4.90 Å². The normalized spacial score (nSPS) is 19.6. The first kappa shape index (κ1) is 17.9. The Morgan fingerprint density at radius 2 is 2.00 bits per heavy atom. The molecule has 0 bridgehead atoms. The van der Waals surface area contributed by atoms with Crippen LogP contribution in [-0.4, -0.2) is 57.0 Å². The number of hydrogen-bond acceptors (Lipinski definition) is 4. The van der Waals surface area contributed by atoms with Crippen molar-refractivity contribution in [3.8, 4) is 0 Å². The van der Waals surface area contributed by atoms with E-state index in [1.165, 1.54) is 5.56 Å². The van der Waals surface area contributed by atoms with Crippen LogP contribution in [0.3, 0.4) is 0 Å². The number of carbonyl (C=O) groups excluding carboxylic acids is 1. The van der Waals surface area contributed by atoms with Gasteiger partial charge in [-0.05, 0) is 24.8 Å². The van der Waals surface area contributed by atoms with Crippen molar-refractivity contribution in [2.24, 2.45) is 0 Å². The van der Waals surface area contributed by atoms with Crippen molar-refractivity contribution in [2.75, 3.05) is 31.8 Å². The molecule has 128 valence electrons. The Kier molecular flexibility index (Phi) is 6.59. The zero-order valence-corrected chi connectivity index (χ0v) is 14.4. The monoisotopic (exact) mass is 339 g/mol. The molecule has 1 amide bonds. The molecule has 1 aliphatic heterocycles. The second kappa shape index (κ2) is 8.45. The van der Waals surface area contributed by atoms with Gasteiger partial charge in [0.2, 0.25) is 5.91 Å². The number of hydrogen-bond donors (Lipinski definition) is 0. The minimum absolute atomic E-state index is 0.00115. The van der Waals surface area contributed by atoms with Crippen molar-refractivity contribution < 1.29 is 17.9 Å². The van der Waals surface area contributed by atoms with Crippen LogP contribution in [0.4, 0.5) is 0 Å². The molecule has 6 heteroatoms. The van der Waals surface area contributed by atoms with Crippen LogP contribution in [0.1, 0.15) is 24.8 Å². The standard InChI is InChI=1S/C17H25NO4S/c1-18(16-10-13-23(20,21)14-16)17(19)8-5-11-22-12-9-15-6-3-2-4-7-15/h2-4,6-7,16H,5,8-14H2,1H3. The van der Waals surface area contributed by atoms with E-state index in [1.807, 2.05) is 18.2 Å². The minimum Gasteiger partial charge on any atom is -0.381 e. The Morgan fingerprint density at radius 1 is 1.26 bits per heavy atom. The minimum atomic E-state index is -2.95. The van der Waals surface area contributed by atoms with Gasteiger partial charge in [0.15, 0.2) is 9.84 Å². The third-order valence-electron chi connectivity index (χ3n) is 4.21. The van der Waals surface area contributed by atoms with Crippen LogP contribution >= 0.6 is 0 Å². The van der Waals surface area contributed by atoms with E-state index in [1.54, 1.807) is 11.9 Å². The summed E-state index contributed by atoms with van der Waals surface area (Å²) in [4.78, 5) is 13.7. The van der Waals surface area contributed by atoms with Gasteiger partial charge in [0, 0.05) is 26.1 Å². The van der Waals surface area contributed by atoms with E-state index >= 15 is 0 Å². The van der Waals surface area contributed by atoms with Gasteiger partial charge in [-0.1, -0.05) is 30.3 Å². The van der Waals surface area contributed by atoms with Crippen LogP contribution in [-0.2, 0) is 25.8 Å². The summed E-state index contributed by atoms with van der Waals surface area (Å²) >= 11 is 0. The van der Waals surface area contributed by atoms with Crippen molar-refractivity contribution in [3.05, 3.63) is 35.9 Å². The van der Waals surface area contributed by atoms with Gasteiger partial charge in [-0.2, -0.15) is 0 Å². The van der Waals surface area contributed by atoms with E-state index in [0.717, 1.165) is 6.42 Å². The second-order valence-corrected chi connectivity index (χ2v) is 8.24. The van der Waals surface area contributed by atoms with Crippen LogP contribution in [0.5, 0.6) is 0 Å². The molecule has 0 radical (unpaired) electrons. The van der Waals surface area contributed by atoms with E-state index in [2.05, 4.69) is 12.1 Å². The lowest BCUT2D eigenvalue weighted by Crippen LogP contribution is -2.37. The van der Waals surface area contributed by atoms with Crippen molar-refractivity contribution in [2.45, 2.75) is 31.7 Å². The Labute approximate surface area is 138 Å². The smallest absolute Gasteiger partial charge is 0.222 e. The summed E-state index contributed by atoms with van der Waals surface area (Å²) in [6.07, 6.45) is 2.49. The number of carbonyl (C=O) groups is 1. The SMILES string of the molecule is CN(C(=O)CCCOCCc1ccccc1)C1CCS(=O)(=O)C1. The van der Waals surface area contributed by atoms with Gasteiger partial charge in [-0.25, -0.2) is 8.42 Å². The number of ether oxygens (including phenoxy) is 1. The molecule has 1 aromatic carbocycles. The zero-order chi connectivity index (χ0) is 16.7. The van der Waals surface area contributed by atoms with Gasteiger partial charge >= 0.3 is 0 Å². The van der Waals surface area contributed by atoms with Crippen molar-refractivity contribution in [3.63, 3.8) is 0 Å². The van der Waals surface area contributed by atoms with Crippen molar-refractivity contribution >= 4 is 15.7 Å². The summed E-state index contributed by atoms with van der Waals surface area (Å²) in [7, 11) is -1.25. The highest BCUT2D eigenvalue weighted by Gasteiger charge is 2.32. The van der Waals surface area contributed by atoms with Crippen LogP contribution < -0.4 is 0 Å². The third-order valence-corrected chi connectivity index (χ3v) is 5.96. The maximum atomic E-state index is 12.1. The van der Waals surface area contributed by atoms with Gasteiger partial charge in [0.05, 0.1) is 18.1 Å². The van der Waals surface area contributed by atoms with Gasteiger partial charge in [-0.3, -0.25) is 4.79 Å². The second-order valence-electron chi connectivity index (χ2n) is 6.01. The van der Waals surface area contributed by atoms with E-state index in [4.69, 9.17) is 4.74 Å². The molecule has 0 aromatic heterocycles. The fourth-order valence-corrected chi connectivity index (χ4v) is 4.50. The van der Waals surface area contributed by atoms with Gasteiger partial charge < -0.3 is 9.64 Å². The molecule has 2 rings (SSSR count). The summed E-state index contributed by atoms with van der Waals surface area (Å²) < 4.78 is 28.5. The highest BCUT2D eigenvalue weighted by atomic mass is 32.2. The fraction of sp³-hybridized carbons (Fsp3) is 0.588. The van der Waals surface area contributed by atoms with Gasteiger partial charge in [0.25, 0.3) is 0 Å². The third kappa shape index (κ3) is 5.95. The summed E-state index contributed by atoms with van der Waals surface area (Å²) in [6, 6.07) is 9.98. The summed E-state index contributed by atoms with van der Waals surface area (Å²) in [6.45, 7) is 1.20. The first-order valence-corrected chi connectivity index (χ1v) is 9.88. The maximum absolute atomic E-state index is 12.1. The van der Waals surface area contributed by atoms with Gasteiger partial charge in [-0.15, -0.1) is 0 Å². The Hall–Kier alpha value is -1.40. The van der Waals surface area contributed by atoms with E-state index in [0.29, 0.717) is 32.5 Å². The number of amides is 1. The lowest BCUT2D eigenvalue weighted by molar-refractivity contribution is -0.131. The predicted octanol–water partition coefficient (Wildman–Crippen LogP) is 1.67. The molecule has 1 aromatic rings. The first-order chi connectivity index (χ1) is 11.0. The molecule has 0 spiro atoms. The Morgan fingerprint density at radius 3 is 2.65 bits per heavy atom. The molecule has 1 atom stereocenters. The Balaban J connectivity index is 1.58. The van der Waals surface area contributed by atoms with E-state index in [9.17, 15) is 13.2 Å². The summed E-state index contributed by atoms with van der Waals surface area (Å²) in [5, 5.41) is 0. The fourth-order valence-electron chi connectivity index (χ4n) is 2.72. The molecule has 1 fully saturated rings. The molecule has 5 nitrogen and oxygen atoms in total. The summed E-state index contributed by atoms with van der Waals surface area (Å²) in [5.74, 6) is 0.291. The Bertz CT molecular complexity index is 600. The quantitative estimate of drug-likeness (QED) is 0.676. The van der Waals surface area contributed by atoms with Crippen LogP contribution in [0.15, 0.2) is 30.3 Å². The number of benzene rings is 1. The van der Waals surface area contributed by atoms with Crippen LogP contribution in [0, 0.1) is 0 Å². The number of rotatable bonds is 8. The molecule has 1 heterocycles. The maximum Gasteiger partial charge on any atom is 0.222 e. The summed E-state index contributed by atoms with van der Waals surface area (Å²) in [5.41, 5.74) is 1.24. The average molecular weight is 339 g/mol. The number of nitrogens with zero attached hydrogens (tertiary/aromatic N) is 1. The topological polar surface area (TPSA) is 63.7 Å². The molecule has 0 aliphatic carbocycles. The van der Waals surface area contributed by atoms with E-state index < -0.39 is 9.84 Å². The first-order valence-electron chi connectivity index (χ1n) is 8.06. The lowest BCUT2D eigenvalue weighted by Gasteiger charge is -2.23.